The van der Waals surface area contributed by atoms with Crippen LogP contribution in [0.15, 0.2) is 12.1 Å². The van der Waals surface area contributed by atoms with Gasteiger partial charge in [-0.25, -0.2) is 0 Å². The fraction of sp³-hybridized carbons (Fsp3) is 0.562. The SMILES string of the molecule is CC1OC(C)C(C(=O)NCc2ccc(C#CCN)s2)C1C. The summed E-state index contributed by atoms with van der Waals surface area (Å²) in [5, 5.41) is 3.01. The first kappa shape index (κ1) is 16.0. The number of hydrogen-bond donors (Lipinski definition) is 2. The quantitative estimate of drug-likeness (QED) is 0.836. The number of rotatable bonds is 3. The van der Waals surface area contributed by atoms with Crippen LogP contribution in [0.1, 0.15) is 30.5 Å². The van der Waals surface area contributed by atoms with Crippen LogP contribution >= 0.6 is 11.3 Å². The molecule has 4 nitrogen and oxygen atoms in total. The molecule has 0 spiro atoms. The molecule has 21 heavy (non-hydrogen) atoms. The summed E-state index contributed by atoms with van der Waals surface area (Å²) in [5.41, 5.74) is 5.35. The Kier molecular flexibility index (Phi) is 5.40. The summed E-state index contributed by atoms with van der Waals surface area (Å²) in [6, 6.07) is 3.95. The van der Waals surface area contributed by atoms with Crippen molar-refractivity contribution >= 4 is 17.2 Å². The number of hydrogen-bond acceptors (Lipinski definition) is 4. The van der Waals surface area contributed by atoms with E-state index in [1.54, 1.807) is 11.3 Å². The Labute approximate surface area is 130 Å². The van der Waals surface area contributed by atoms with Crippen LogP contribution in [-0.4, -0.2) is 24.7 Å². The summed E-state index contributed by atoms with van der Waals surface area (Å²) in [6.45, 7) is 6.97. The molecule has 1 aromatic heterocycles. The molecule has 0 aliphatic carbocycles. The van der Waals surface area contributed by atoms with E-state index in [0.29, 0.717) is 13.1 Å². The van der Waals surface area contributed by atoms with Gasteiger partial charge in [-0.2, -0.15) is 0 Å². The number of nitrogens with one attached hydrogen (secondary N) is 1. The van der Waals surface area contributed by atoms with E-state index in [4.69, 9.17) is 10.5 Å². The first-order chi connectivity index (χ1) is 10.0. The van der Waals surface area contributed by atoms with E-state index in [2.05, 4.69) is 24.1 Å². The van der Waals surface area contributed by atoms with Gasteiger partial charge in [-0.15, -0.1) is 11.3 Å². The number of thiophene rings is 1. The zero-order valence-corrected chi connectivity index (χ0v) is 13.5. The Bertz CT molecular complexity index is 558. The third-order valence-corrected chi connectivity index (χ3v) is 4.96. The molecule has 1 amide bonds. The lowest BCUT2D eigenvalue weighted by atomic mass is 9.89. The van der Waals surface area contributed by atoms with Crippen LogP contribution in [0, 0.1) is 23.7 Å². The molecular weight excluding hydrogens is 284 g/mol. The van der Waals surface area contributed by atoms with E-state index in [-0.39, 0.29) is 30.0 Å². The summed E-state index contributed by atoms with van der Waals surface area (Å²) in [4.78, 5) is 14.4. The third-order valence-electron chi connectivity index (χ3n) is 3.96. The summed E-state index contributed by atoms with van der Waals surface area (Å²) < 4.78 is 5.72. The summed E-state index contributed by atoms with van der Waals surface area (Å²) in [5.74, 6) is 6.07. The van der Waals surface area contributed by atoms with Gasteiger partial charge in [-0.3, -0.25) is 4.79 Å². The molecule has 0 bridgehead atoms. The Balaban J connectivity index is 1.91. The van der Waals surface area contributed by atoms with E-state index >= 15 is 0 Å². The molecule has 2 heterocycles. The van der Waals surface area contributed by atoms with Crippen molar-refractivity contribution in [3.8, 4) is 11.8 Å². The summed E-state index contributed by atoms with van der Waals surface area (Å²) >= 11 is 1.58. The van der Waals surface area contributed by atoms with E-state index in [1.165, 1.54) is 0 Å². The van der Waals surface area contributed by atoms with Crippen molar-refractivity contribution in [3.63, 3.8) is 0 Å². The van der Waals surface area contributed by atoms with Gasteiger partial charge in [-0.1, -0.05) is 18.8 Å². The molecule has 3 N–H and O–H groups in total. The minimum atomic E-state index is -0.0727. The van der Waals surface area contributed by atoms with Crippen LogP contribution in [0.2, 0.25) is 0 Å². The molecule has 1 aliphatic heterocycles. The highest BCUT2D eigenvalue weighted by Gasteiger charge is 2.41. The molecule has 1 fully saturated rings. The van der Waals surface area contributed by atoms with Crippen LogP contribution < -0.4 is 11.1 Å². The predicted octanol–water partition coefficient (Wildman–Crippen LogP) is 1.73. The molecule has 1 aromatic rings. The average molecular weight is 306 g/mol. The van der Waals surface area contributed by atoms with E-state index in [9.17, 15) is 4.79 Å². The van der Waals surface area contributed by atoms with Gasteiger partial charge in [0.25, 0.3) is 0 Å². The second kappa shape index (κ2) is 7.08. The monoisotopic (exact) mass is 306 g/mol. The van der Waals surface area contributed by atoms with Gasteiger partial charge < -0.3 is 15.8 Å². The maximum absolute atomic E-state index is 12.3. The Morgan fingerprint density at radius 1 is 1.38 bits per heavy atom. The van der Waals surface area contributed by atoms with E-state index < -0.39 is 0 Å². The number of ether oxygens (including phenoxy) is 1. The lowest BCUT2D eigenvalue weighted by Crippen LogP contribution is -2.36. The van der Waals surface area contributed by atoms with Crippen molar-refractivity contribution < 1.29 is 9.53 Å². The van der Waals surface area contributed by atoms with Gasteiger partial charge >= 0.3 is 0 Å². The van der Waals surface area contributed by atoms with Crippen LogP contribution in [0.4, 0.5) is 0 Å². The van der Waals surface area contributed by atoms with Crippen molar-refractivity contribution in [1.29, 1.82) is 0 Å². The average Bonchev–Trinajstić information content (AvgIpc) is 2.99. The largest absolute Gasteiger partial charge is 0.374 e. The molecule has 5 heteroatoms. The Morgan fingerprint density at radius 2 is 2.14 bits per heavy atom. The molecule has 0 radical (unpaired) electrons. The van der Waals surface area contributed by atoms with E-state index in [1.807, 2.05) is 26.0 Å². The predicted molar refractivity (Wildman–Crippen MR) is 84.8 cm³/mol. The molecule has 4 atom stereocenters. The highest BCUT2D eigenvalue weighted by molar-refractivity contribution is 7.12. The molecule has 4 unspecified atom stereocenters. The van der Waals surface area contributed by atoms with Crippen LogP contribution in [-0.2, 0) is 16.1 Å². The zero-order chi connectivity index (χ0) is 15.4. The van der Waals surface area contributed by atoms with Crippen molar-refractivity contribution in [2.24, 2.45) is 17.6 Å². The van der Waals surface area contributed by atoms with Gasteiger partial charge in [0.15, 0.2) is 0 Å². The second-order valence-electron chi connectivity index (χ2n) is 5.42. The maximum Gasteiger partial charge on any atom is 0.226 e. The standard InChI is InChI=1S/C16H22N2O2S/c1-10-11(2)20-12(3)15(10)16(19)18-9-14-7-6-13(21-14)5-4-8-17/h6-7,10-12,15H,8-9,17H2,1-3H3,(H,18,19). The van der Waals surface area contributed by atoms with Crippen molar-refractivity contribution in [2.45, 2.75) is 39.5 Å². The molecule has 2 rings (SSSR count). The normalized spacial score (nSPS) is 28.0. The summed E-state index contributed by atoms with van der Waals surface area (Å²) in [6.07, 6.45) is 0.111. The van der Waals surface area contributed by atoms with Crippen molar-refractivity contribution in [1.82, 2.24) is 5.32 Å². The highest BCUT2D eigenvalue weighted by atomic mass is 32.1. The molecule has 0 aromatic carbocycles. The molecule has 1 aliphatic rings. The minimum absolute atomic E-state index is 0.0238. The number of amides is 1. The van der Waals surface area contributed by atoms with Crippen molar-refractivity contribution in [3.05, 3.63) is 21.9 Å². The van der Waals surface area contributed by atoms with Gasteiger partial charge in [0.1, 0.15) is 0 Å². The molecule has 0 saturated carbocycles. The molecule has 1 saturated heterocycles. The van der Waals surface area contributed by atoms with E-state index in [0.717, 1.165) is 9.75 Å². The Morgan fingerprint density at radius 3 is 2.76 bits per heavy atom. The third kappa shape index (κ3) is 3.85. The topological polar surface area (TPSA) is 64.3 Å². The molecular formula is C16H22N2O2S. The summed E-state index contributed by atoms with van der Waals surface area (Å²) in [7, 11) is 0. The van der Waals surface area contributed by atoms with Gasteiger partial charge in [-0.05, 0) is 31.9 Å². The fourth-order valence-electron chi connectivity index (χ4n) is 2.69. The second-order valence-corrected chi connectivity index (χ2v) is 6.59. The fourth-order valence-corrected chi connectivity index (χ4v) is 3.51. The highest BCUT2D eigenvalue weighted by Crippen LogP contribution is 2.32. The maximum atomic E-state index is 12.3. The smallest absolute Gasteiger partial charge is 0.226 e. The number of carbonyl (C=O) groups excluding carboxylic acids is 1. The molecule has 114 valence electrons. The minimum Gasteiger partial charge on any atom is -0.374 e. The Hall–Kier alpha value is -1.35. The number of nitrogens with two attached hydrogens (primary N) is 1. The van der Waals surface area contributed by atoms with Gasteiger partial charge in [0.2, 0.25) is 5.91 Å². The lowest BCUT2D eigenvalue weighted by molar-refractivity contribution is -0.127. The van der Waals surface area contributed by atoms with Crippen molar-refractivity contribution in [2.75, 3.05) is 6.54 Å². The lowest BCUT2D eigenvalue weighted by Gasteiger charge is -2.17. The number of carbonyl (C=O) groups is 1. The first-order valence-corrected chi connectivity index (χ1v) is 8.05. The van der Waals surface area contributed by atoms with Crippen LogP contribution in [0.5, 0.6) is 0 Å². The first-order valence-electron chi connectivity index (χ1n) is 7.23. The van der Waals surface area contributed by atoms with Gasteiger partial charge in [0, 0.05) is 4.88 Å². The van der Waals surface area contributed by atoms with Crippen LogP contribution in [0.25, 0.3) is 0 Å². The van der Waals surface area contributed by atoms with Crippen LogP contribution in [0.3, 0.4) is 0 Å². The zero-order valence-electron chi connectivity index (χ0n) is 12.7. The van der Waals surface area contributed by atoms with Gasteiger partial charge in [0.05, 0.1) is 36.1 Å².